The first-order chi connectivity index (χ1) is 14.9. The van der Waals surface area contributed by atoms with Crippen LogP contribution < -0.4 is 0 Å². The molecule has 4 heteroatoms. The van der Waals surface area contributed by atoms with E-state index < -0.39 is 0 Å². The fraction of sp³-hybridized carbons (Fsp3) is 0.185. The molecular formula is C27H26S4. The lowest BCUT2D eigenvalue weighted by atomic mass is 9.69. The topological polar surface area (TPSA) is 0 Å². The van der Waals surface area contributed by atoms with Gasteiger partial charge in [0.1, 0.15) is 0 Å². The molecule has 31 heavy (non-hydrogen) atoms. The molecule has 0 aliphatic heterocycles. The molecular weight excluding hydrogens is 453 g/mol. The minimum atomic E-state index is 0.164. The first-order valence-electron chi connectivity index (χ1n) is 10.4. The highest BCUT2D eigenvalue weighted by Crippen LogP contribution is 2.47. The summed E-state index contributed by atoms with van der Waals surface area (Å²) in [5, 5.41) is 0. The minimum Gasteiger partial charge on any atom is -0.148 e. The molecule has 0 bridgehead atoms. The Kier molecular flexibility index (Phi) is 7.33. The Bertz CT molecular complexity index is 1050. The van der Waals surface area contributed by atoms with Gasteiger partial charge in [0.15, 0.2) is 0 Å². The van der Waals surface area contributed by atoms with E-state index in [-0.39, 0.29) is 11.8 Å². The number of benzene rings is 3. The van der Waals surface area contributed by atoms with Crippen molar-refractivity contribution < 1.29 is 0 Å². The molecule has 0 saturated carbocycles. The molecule has 2 atom stereocenters. The average Bonchev–Trinajstić information content (AvgIpc) is 2.75. The first kappa shape index (κ1) is 22.7. The van der Waals surface area contributed by atoms with Gasteiger partial charge >= 0.3 is 0 Å². The molecule has 0 fully saturated rings. The molecule has 0 nitrogen and oxygen atoms in total. The van der Waals surface area contributed by atoms with Crippen molar-refractivity contribution in [3.05, 3.63) is 112 Å². The first-order valence-corrected chi connectivity index (χ1v) is 12.2. The molecule has 0 aromatic heterocycles. The highest BCUT2D eigenvalue weighted by molar-refractivity contribution is 7.84. The van der Waals surface area contributed by atoms with Crippen LogP contribution in [0, 0.1) is 5.92 Å². The quantitative estimate of drug-likeness (QED) is 0.261. The molecule has 0 spiro atoms. The minimum absolute atomic E-state index is 0.164. The molecule has 3 aromatic carbocycles. The van der Waals surface area contributed by atoms with Crippen LogP contribution in [0.25, 0.3) is 0 Å². The third kappa shape index (κ3) is 5.31. The van der Waals surface area contributed by atoms with E-state index in [1.54, 1.807) is 0 Å². The van der Waals surface area contributed by atoms with Gasteiger partial charge in [-0.15, -0.1) is 50.5 Å². The monoisotopic (exact) mass is 478 g/mol. The van der Waals surface area contributed by atoms with E-state index in [2.05, 4.69) is 142 Å². The summed E-state index contributed by atoms with van der Waals surface area (Å²) in [6.07, 6.45) is 5.40. The lowest BCUT2D eigenvalue weighted by molar-refractivity contribution is 0.564. The Hall–Kier alpha value is -1.46. The summed E-state index contributed by atoms with van der Waals surface area (Å²) >= 11 is 18.2. The Morgan fingerprint density at radius 3 is 1.35 bits per heavy atom. The van der Waals surface area contributed by atoms with Crippen molar-refractivity contribution in [1.29, 1.82) is 0 Å². The second-order valence-corrected chi connectivity index (χ2v) is 10.3. The van der Waals surface area contributed by atoms with Crippen molar-refractivity contribution in [3.63, 3.8) is 0 Å². The summed E-state index contributed by atoms with van der Waals surface area (Å²) in [7, 11) is 0. The molecule has 1 aliphatic carbocycles. The Balaban J connectivity index is 1.94. The van der Waals surface area contributed by atoms with Gasteiger partial charge in [-0.1, -0.05) is 61.0 Å². The van der Waals surface area contributed by atoms with Crippen LogP contribution in [0.1, 0.15) is 41.9 Å². The highest BCUT2D eigenvalue weighted by Gasteiger charge is 2.32. The van der Waals surface area contributed by atoms with E-state index in [1.165, 1.54) is 22.3 Å². The predicted molar refractivity (Wildman–Crippen MR) is 145 cm³/mol. The van der Waals surface area contributed by atoms with Crippen molar-refractivity contribution in [2.24, 2.45) is 5.92 Å². The molecule has 0 amide bonds. The van der Waals surface area contributed by atoms with Crippen LogP contribution in [0.2, 0.25) is 0 Å². The van der Waals surface area contributed by atoms with E-state index in [1.807, 2.05) is 0 Å². The molecule has 1 aliphatic rings. The predicted octanol–water partition coefficient (Wildman–Crippen LogP) is 8.25. The van der Waals surface area contributed by atoms with Gasteiger partial charge in [0.25, 0.3) is 0 Å². The van der Waals surface area contributed by atoms with Gasteiger partial charge in [-0.05, 0) is 70.3 Å². The lowest BCUT2D eigenvalue weighted by Gasteiger charge is -2.35. The van der Waals surface area contributed by atoms with Gasteiger partial charge in [0, 0.05) is 26.5 Å². The summed E-state index contributed by atoms with van der Waals surface area (Å²) < 4.78 is 0. The van der Waals surface area contributed by atoms with E-state index in [4.69, 9.17) is 0 Å². The number of thiol groups is 4. The molecule has 0 radical (unpaired) electrons. The zero-order chi connectivity index (χ0) is 22.0. The van der Waals surface area contributed by atoms with E-state index in [9.17, 15) is 0 Å². The number of hydrogen-bond acceptors (Lipinski definition) is 4. The number of hydrogen-bond donors (Lipinski definition) is 4. The van der Waals surface area contributed by atoms with Gasteiger partial charge in [0.2, 0.25) is 0 Å². The summed E-state index contributed by atoms with van der Waals surface area (Å²) in [5.41, 5.74) is 5.28. The molecule has 4 rings (SSSR count). The van der Waals surface area contributed by atoms with Crippen LogP contribution in [-0.2, 0) is 0 Å². The summed E-state index contributed by atoms with van der Waals surface area (Å²) in [6.45, 7) is 2.31. The van der Waals surface area contributed by atoms with Crippen molar-refractivity contribution in [2.75, 3.05) is 0 Å². The van der Waals surface area contributed by atoms with E-state index in [0.717, 1.165) is 26.0 Å². The van der Waals surface area contributed by atoms with Crippen LogP contribution in [0.3, 0.4) is 0 Å². The smallest absolute Gasteiger partial charge is 0.0196 e. The lowest BCUT2D eigenvalue weighted by Crippen LogP contribution is -2.20. The Morgan fingerprint density at radius 1 is 0.581 bits per heavy atom. The molecule has 0 N–H and O–H groups in total. The molecule has 0 heterocycles. The Labute approximate surface area is 207 Å². The van der Waals surface area contributed by atoms with Crippen molar-refractivity contribution in [3.8, 4) is 0 Å². The van der Waals surface area contributed by atoms with Gasteiger partial charge in [-0.3, -0.25) is 0 Å². The molecule has 158 valence electrons. The standard InChI is InChI=1S/C27H26S4/c1-17-16-24(31)14-15-25(17)27(20-6-12-23(30)13-7-20)26(18-2-8-21(28)9-3-18)19-4-10-22(29)11-5-19/h2-15,17,26-31H,16H2,1H3. The molecule has 0 saturated heterocycles. The van der Waals surface area contributed by atoms with Crippen molar-refractivity contribution in [1.82, 2.24) is 0 Å². The van der Waals surface area contributed by atoms with E-state index >= 15 is 0 Å². The fourth-order valence-electron chi connectivity index (χ4n) is 4.47. The number of allylic oxidation sites excluding steroid dienone is 4. The second kappa shape index (κ2) is 9.99. The van der Waals surface area contributed by atoms with Crippen LogP contribution in [-0.4, -0.2) is 0 Å². The fourth-order valence-corrected chi connectivity index (χ4v) is 5.26. The van der Waals surface area contributed by atoms with Crippen LogP contribution in [0.15, 0.2) is 110 Å². The van der Waals surface area contributed by atoms with Crippen molar-refractivity contribution >= 4 is 50.5 Å². The summed E-state index contributed by atoms with van der Waals surface area (Å²) in [6, 6.07) is 25.7. The maximum absolute atomic E-state index is 4.63. The van der Waals surface area contributed by atoms with E-state index in [0.29, 0.717) is 5.92 Å². The average molecular weight is 479 g/mol. The second-order valence-electron chi connectivity index (χ2n) is 8.16. The zero-order valence-corrected chi connectivity index (χ0v) is 20.9. The largest absolute Gasteiger partial charge is 0.148 e. The molecule has 3 aromatic rings. The maximum Gasteiger partial charge on any atom is 0.0196 e. The number of rotatable bonds is 5. The maximum atomic E-state index is 4.63. The van der Waals surface area contributed by atoms with Gasteiger partial charge in [-0.25, -0.2) is 0 Å². The van der Waals surface area contributed by atoms with Gasteiger partial charge in [-0.2, -0.15) is 0 Å². The highest BCUT2D eigenvalue weighted by atomic mass is 32.1. The van der Waals surface area contributed by atoms with Crippen LogP contribution in [0.5, 0.6) is 0 Å². The van der Waals surface area contributed by atoms with Crippen LogP contribution in [0.4, 0.5) is 0 Å². The van der Waals surface area contributed by atoms with Gasteiger partial charge in [0.05, 0.1) is 0 Å². The third-order valence-electron chi connectivity index (χ3n) is 6.00. The summed E-state index contributed by atoms with van der Waals surface area (Å²) in [5.74, 6) is 0.768. The van der Waals surface area contributed by atoms with Gasteiger partial charge < -0.3 is 0 Å². The normalized spacial score (nSPS) is 17.3. The van der Waals surface area contributed by atoms with Crippen molar-refractivity contribution in [2.45, 2.75) is 39.9 Å². The zero-order valence-electron chi connectivity index (χ0n) is 17.3. The Morgan fingerprint density at radius 2 is 0.968 bits per heavy atom. The summed E-state index contributed by atoms with van der Waals surface area (Å²) in [4.78, 5) is 4.05. The SMILES string of the molecule is CC1CC(S)=CC=C1C(c1ccc(S)cc1)C(c1ccc(S)cc1)c1ccc(S)cc1. The van der Waals surface area contributed by atoms with Crippen LogP contribution >= 0.6 is 50.5 Å². The third-order valence-corrected chi connectivity index (χ3v) is 7.23. The molecule has 2 unspecified atom stereocenters.